The van der Waals surface area contributed by atoms with Gasteiger partial charge in [-0.15, -0.1) is 16.4 Å². The molecule has 2 aromatic rings. The fourth-order valence-corrected chi connectivity index (χ4v) is 3.86. The van der Waals surface area contributed by atoms with Crippen LogP contribution in [0, 0.1) is 6.92 Å². The highest BCUT2D eigenvalue weighted by atomic mass is 79.9. The number of aromatic nitrogens is 1. The van der Waals surface area contributed by atoms with Gasteiger partial charge in [0.15, 0.2) is 0 Å². The number of hydrogen-bond acceptors (Lipinski definition) is 4. The number of hydrogen-bond donors (Lipinski definition) is 1. The van der Waals surface area contributed by atoms with Crippen LogP contribution in [0.1, 0.15) is 18.2 Å². The lowest BCUT2D eigenvalue weighted by atomic mass is 10.2. The first-order valence-electron chi connectivity index (χ1n) is 5.93. The van der Waals surface area contributed by atoms with Crippen LogP contribution in [0.25, 0.3) is 0 Å². The first kappa shape index (κ1) is 15.5. The lowest BCUT2D eigenvalue weighted by Crippen LogP contribution is -2.14. The second-order valence-corrected chi connectivity index (χ2v) is 6.68. The zero-order valence-electron chi connectivity index (χ0n) is 11.0. The molecule has 0 aliphatic carbocycles. The van der Waals surface area contributed by atoms with Gasteiger partial charge in [0.25, 0.3) is 0 Å². The Morgan fingerprint density at radius 2 is 2.15 bits per heavy atom. The molecule has 0 aliphatic heterocycles. The Hall–Kier alpha value is -0.920. The molecule has 106 valence electrons. The maximum atomic E-state index is 9.92. The average molecular weight is 419 g/mol. The molecular formula is C13H13Br2N3OS. The molecule has 0 unspecified atom stereocenters. The van der Waals surface area contributed by atoms with Gasteiger partial charge in [-0.25, -0.2) is 0 Å². The number of nitrogens with zero attached hydrogens (tertiary/aromatic N) is 3. The van der Waals surface area contributed by atoms with Gasteiger partial charge >= 0.3 is 0 Å². The average Bonchev–Trinajstić information content (AvgIpc) is 2.75. The van der Waals surface area contributed by atoms with Crippen molar-refractivity contribution in [3.05, 3.63) is 42.5 Å². The molecule has 0 saturated heterocycles. The molecule has 0 atom stereocenters. The van der Waals surface area contributed by atoms with E-state index in [0.29, 0.717) is 10.0 Å². The predicted molar refractivity (Wildman–Crippen MR) is 89.4 cm³/mol. The van der Waals surface area contributed by atoms with Crippen LogP contribution in [0.4, 0.5) is 0 Å². The quantitative estimate of drug-likeness (QED) is 0.593. The monoisotopic (exact) mass is 417 g/mol. The molecule has 0 amide bonds. The van der Waals surface area contributed by atoms with Crippen molar-refractivity contribution in [2.24, 2.45) is 10.2 Å². The molecule has 0 aliphatic rings. The summed E-state index contributed by atoms with van der Waals surface area (Å²) in [6.45, 7) is 4.97. The molecule has 0 fully saturated rings. The zero-order valence-corrected chi connectivity index (χ0v) is 15.0. The number of aromatic hydroxyl groups is 1. The molecule has 0 radical (unpaired) electrons. The number of rotatable bonds is 3. The second kappa shape index (κ2) is 6.69. The van der Waals surface area contributed by atoms with Crippen LogP contribution in [-0.4, -0.2) is 15.9 Å². The fourth-order valence-electron chi connectivity index (χ4n) is 1.70. The van der Waals surface area contributed by atoms with Crippen molar-refractivity contribution in [2.75, 3.05) is 0 Å². The molecule has 0 saturated carbocycles. The Labute approximate surface area is 137 Å². The Balaban J connectivity index is 2.35. The van der Waals surface area contributed by atoms with Crippen LogP contribution in [0.15, 0.2) is 36.7 Å². The van der Waals surface area contributed by atoms with Gasteiger partial charge in [-0.05, 0) is 41.9 Å². The Morgan fingerprint density at radius 1 is 1.40 bits per heavy atom. The predicted octanol–water partition coefficient (Wildman–Crippen LogP) is 4.04. The highest BCUT2D eigenvalue weighted by Crippen LogP contribution is 2.30. The minimum atomic E-state index is 0.151. The van der Waals surface area contributed by atoms with Crippen molar-refractivity contribution >= 4 is 49.4 Å². The summed E-state index contributed by atoms with van der Waals surface area (Å²) in [5.41, 5.74) is 1.77. The molecule has 1 N–H and O–H groups in total. The first-order valence-corrected chi connectivity index (χ1v) is 8.39. The molecule has 20 heavy (non-hydrogen) atoms. The third-order valence-corrected chi connectivity index (χ3v) is 4.74. The van der Waals surface area contributed by atoms with E-state index in [0.717, 1.165) is 15.8 Å². The topological polar surface area (TPSA) is 49.9 Å². The van der Waals surface area contributed by atoms with Crippen LogP contribution in [0.3, 0.4) is 0 Å². The molecule has 1 aromatic carbocycles. The Bertz CT molecular complexity index is 719. The van der Waals surface area contributed by atoms with Crippen LogP contribution in [-0.2, 0) is 6.54 Å². The number of phenols is 1. The maximum Gasteiger partial charge on any atom is 0.210 e. The van der Waals surface area contributed by atoms with Gasteiger partial charge in [-0.3, -0.25) is 0 Å². The molecule has 0 spiro atoms. The van der Waals surface area contributed by atoms with E-state index in [1.54, 1.807) is 29.7 Å². The highest BCUT2D eigenvalue weighted by Gasteiger charge is 2.05. The lowest BCUT2D eigenvalue weighted by Gasteiger charge is -2.01. The summed E-state index contributed by atoms with van der Waals surface area (Å²) < 4.78 is 3.56. The fraction of sp³-hybridized carbons (Fsp3) is 0.231. The van der Waals surface area contributed by atoms with E-state index >= 15 is 0 Å². The van der Waals surface area contributed by atoms with E-state index in [1.807, 2.05) is 12.3 Å². The smallest absolute Gasteiger partial charge is 0.210 e. The SMILES string of the molecule is CCn1c(C)cs/c1=N/N=C\c1cc(Br)cc(Br)c1O. The van der Waals surface area contributed by atoms with Gasteiger partial charge in [0.2, 0.25) is 4.80 Å². The van der Waals surface area contributed by atoms with Crippen molar-refractivity contribution in [2.45, 2.75) is 20.4 Å². The van der Waals surface area contributed by atoms with Gasteiger partial charge in [0, 0.05) is 27.7 Å². The summed E-state index contributed by atoms with van der Waals surface area (Å²) in [7, 11) is 0. The lowest BCUT2D eigenvalue weighted by molar-refractivity contribution is 0.471. The standard InChI is InChI=1S/C13H13Br2N3OS/c1-3-18-8(2)7-20-13(18)17-16-6-9-4-10(14)5-11(15)12(9)19/h4-7,19H,3H2,1-2H3/b16-6-,17-13+. The van der Waals surface area contributed by atoms with Crippen molar-refractivity contribution in [1.29, 1.82) is 0 Å². The third kappa shape index (κ3) is 3.39. The van der Waals surface area contributed by atoms with E-state index in [9.17, 15) is 5.11 Å². The Morgan fingerprint density at radius 3 is 2.85 bits per heavy atom. The molecule has 0 bridgehead atoms. The van der Waals surface area contributed by atoms with Gasteiger partial charge in [-0.1, -0.05) is 15.9 Å². The molecular weight excluding hydrogens is 406 g/mol. The summed E-state index contributed by atoms with van der Waals surface area (Å²) in [5, 5.41) is 20.2. The molecule has 7 heteroatoms. The van der Waals surface area contributed by atoms with Crippen molar-refractivity contribution in [1.82, 2.24) is 4.57 Å². The second-order valence-electron chi connectivity index (χ2n) is 4.07. The van der Waals surface area contributed by atoms with Crippen LogP contribution < -0.4 is 4.80 Å². The van der Waals surface area contributed by atoms with Gasteiger partial charge in [0.1, 0.15) is 5.75 Å². The summed E-state index contributed by atoms with van der Waals surface area (Å²) in [6.07, 6.45) is 1.54. The van der Waals surface area contributed by atoms with Crippen molar-refractivity contribution in [3.63, 3.8) is 0 Å². The van der Waals surface area contributed by atoms with Crippen molar-refractivity contribution in [3.8, 4) is 5.75 Å². The Kier molecular flexibility index (Phi) is 5.17. The van der Waals surface area contributed by atoms with Gasteiger partial charge < -0.3 is 9.67 Å². The molecule has 1 heterocycles. The summed E-state index contributed by atoms with van der Waals surface area (Å²) in [5.74, 6) is 0.151. The van der Waals surface area contributed by atoms with Crippen LogP contribution in [0.5, 0.6) is 5.75 Å². The number of phenolic OH excluding ortho intramolecular Hbond substituents is 1. The van der Waals surface area contributed by atoms with Gasteiger partial charge in [-0.2, -0.15) is 5.10 Å². The normalized spacial score (nSPS) is 12.5. The maximum absolute atomic E-state index is 9.92. The minimum Gasteiger partial charge on any atom is -0.506 e. The highest BCUT2D eigenvalue weighted by molar-refractivity contribution is 9.11. The molecule has 2 rings (SSSR count). The van der Waals surface area contributed by atoms with E-state index < -0.39 is 0 Å². The first-order chi connectivity index (χ1) is 9.52. The van der Waals surface area contributed by atoms with E-state index in [1.165, 1.54) is 5.69 Å². The molecule has 4 nitrogen and oxygen atoms in total. The van der Waals surface area contributed by atoms with E-state index in [4.69, 9.17) is 0 Å². The number of aryl methyl sites for hydroxylation is 1. The summed E-state index contributed by atoms with van der Waals surface area (Å²) in [6, 6.07) is 3.56. The summed E-state index contributed by atoms with van der Waals surface area (Å²) in [4.78, 5) is 0.842. The zero-order chi connectivity index (χ0) is 14.7. The number of halogens is 2. The minimum absolute atomic E-state index is 0.151. The largest absolute Gasteiger partial charge is 0.506 e. The molecule has 1 aromatic heterocycles. The van der Waals surface area contributed by atoms with Crippen LogP contribution >= 0.6 is 43.2 Å². The van der Waals surface area contributed by atoms with Gasteiger partial charge in [0.05, 0.1) is 10.7 Å². The summed E-state index contributed by atoms with van der Waals surface area (Å²) >= 11 is 8.21. The number of thiazole rings is 1. The van der Waals surface area contributed by atoms with E-state index in [-0.39, 0.29) is 5.75 Å². The van der Waals surface area contributed by atoms with Crippen molar-refractivity contribution < 1.29 is 5.11 Å². The van der Waals surface area contributed by atoms with Crippen LogP contribution in [0.2, 0.25) is 0 Å². The van der Waals surface area contributed by atoms with E-state index in [2.05, 4.69) is 53.6 Å². The number of benzene rings is 1. The third-order valence-electron chi connectivity index (χ3n) is 2.71.